The van der Waals surface area contributed by atoms with E-state index in [4.69, 9.17) is 23.2 Å². The molecule has 172 valence electrons. The zero-order valence-corrected chi connectivity index (χ0v) is 20.9. The number of rotatable bonds is 7. The minimum atomic E-state index is -3.94. The number of hydrogen-bond donors (Lipinski definition) is 1. The van der Waals surface area contributed by atoms with Crippen molar-refractivity contribution in [2.24, 2.45) is 7.05 Å². The first-order valence-corrected chi connectivity index (χ1v) is 12.7. The summed E-state index contributed by atoms with van der Waals surface area (Å²) in [5.74, 6) is 0. The Morgan fingerprint density at radius 2 is 1.84 bits per heavy atom. The Bertz CT molecular complexity index is 1010. The summed E-state index contributed by atoms with van der Waals surface area (Å²) in [7, 11) is -0.659. The van der Waals surface area contributed by atoms with Crippen LogP contribution in [0.4, 0.5) is 5.69 Å². The molecule has 1 saturated heterocycles. The quantitative estimate of drug-likeness (QED) is 0.647. The smallest absolute Gasteiger partial charge is 0.267 e. The number of benzene rings is 1. The molecule has 2 aromatic rings. The zero-order chi connectivity index (χ0) is 22.8. The molecule has 0 atom stereocenters. The predicted octanol–water partition coefficient (Wildman–Crippen LogP) is 3.40. The SMILES string of the molecule is Cc1nn(C)c(C)c1N(C)S(=O)(=O)c1c(Cl)cc(CCCN2CCCNCC2)cc1Cl. The summed E-state index contributed by atoms with van der Waals surface area (Å²) < 4.78 is 29.6. The van der Waals surface area contributed by atoms with Gasteiger partial charge in [-0.2, -0.15) is 5.10 Å². The van der Waals surface area contributed by atoms with Crippen LogP contribution >= 0.6 is 23.2 Å². The molecule has 7 nitrogen and oxygen atoms in total. The normalized spacial score (nSPS) is 15.8. The van der Waals surface area contributed by atoms with E-state index in [0.717, 1.165) is 63.2 Å². The Morgan fingerprint density at radius 1 is 1.16 bits per heavy atom. The maximum atomic E-state index is 13.4. The highest BCUT2D eigenvalue weighted by Crippen LogP contribution is 2.36. The summed E-state index contributed by atoms with van der Waals surface area (Å²) >= 11 is 12.9. The highest BCUT2D eigenvalue weighted by molar-refractivity contribution is 7.93. The van der Waals surface area contributed by atoms with Gasteiger partial charge in [0, 0.05) is 27.2 Å². The largest absolute Gasteiger partial charge is 0.315 e. The second-order valence-electron chi connectivity index (χ2n) is 8.05. The van der Waals surface area contributed by atoms with Gasteiger partial charge < -0.3 is 10.2 Å². The van der Waals surface area contributed by atoms with E-state index in [1.54, 1.807) is 30.8 Å². The monoisotopic (exact) mass is 487 g/mol. The van der Waals surface area contributed by atoms with Crippen LogP contribution in [-0.4, -0.2) is 62.9 Å². The average Bonchev–Trinajstić information content (AvgIpc) is 2.86. The number of halogens is 2. The Morgan fingerprint density at radius 3 is 2.45 bits per heavy atom. The molecule has 0 aliphatic carbocycles. The molecule has 0 unspecified atom stereocenters. The molecule has 1 aromatic carbocycles. The van der Waals surface area contributed by atoms with Crippen LogP contribution in [0.25, 0.3) is 0 Å². The van der Waals surface area contributed by atoms with Crippen molar-refractivity contribution in [3.63, 3.8) is 0 Å². The number of nitrogens with one attached hydrogen (secondary N) is 1. The lowest BCUT2D eigenvalue weighted by Crippen LogP contribution is -2.29. The molecule has 0 radical (unpaired) electrons. The molecule has 10 heteroatoms. The third-order valence-electron chi connectivity index (χ3n) is 5.83. The molecular formula is C21H31Cl2N5O2S. The Kier molecular flexibility index (Phi) is 7.91. The number of nitrogens with zero attached hydrogens (tertiary/aromatic N) is 4. The third kappa shape index (κ3) is 5.37. The predicted molar refractivity (Wildman–Crippen MR) is 127 cm³/mol. The summed E-state index contributed by atoms with van der Waals surface area (Å²) in [5.41, 5.74) is 2.85. The maximum Gasteiger partial charge on any atom is 0.267 e. The van der Waals surface area contributed by atoms with E-state index in [2.05, 4.69) is 15.3 Å². The minimum Gasteiger partial charge on any atom is -0.315 e. The zero-order valence-electron chi connectivity index (χ0n) is 18.6. The summed E-state index contributed by atoms with van der Waals surface area (Å²) in [6.07, 6.45) is 2.92. The van der Waals surface area contributed by atoms with Crippen LogP contribution in [0.5, 0.6) is 0 Å². The first-order valence-electron chi connectivity index (χ1n) is 10.5. The molecule has 0 amide bonds. The summed E-state index contributed by atoms with van der Waals surface area (Å²) in [6, 6.07) is 3.45. The van der Waals surface area contributed by atoms with Gasteiger partial charge >= 0.3 is 0 Å². The summed E-state index contributed by atoms with van der Waals surface area (Å²) in [5, 5.41) is 8.01. The Balaban J connectivity index is 1.77. The highest BCUT2D eigenvalue weighted by atomic mass is 35.5. The number of anilines is 1. The van der Waals surface area contributed by atoms with Gasteiger partial charge in [-0.1, -0.05) is 23.2 Å². The van der Waals surface area contributed by atoms with E-state index in [0.29, 0.717) is 11.4 Å². The summed E-state index contributed by atoms with van der Waals surface area (Å²) in [4.78, 5) is 2.39. The number of aromatic nitrogens is 2. The first kappa shape index (κ1) is 24.3. The fourth-order valence-electron chi connectivity index (χ4n) is 4.11. The van der Waals surface area contributed by atoms with Gasteiger partial charge in [-0.15, -0.1) is 0 Å². The molecule has 1 fully saturated rings. The molecule has 0 saturated carbocycles. The van der Waals surface area contributed by atoms with Gasteiger partial charge in [-0.05, 0) is 70.4 Å². The molecule has 0 spiro atoms. The topological polar surface area (TPSA) is 70.5 Å². The van der Waals surface area contributed by atoms with Crippen LogP contribution in [0.3, 0.4) is 0 Å². The van der Waals surface area contributed by atoms with E-state index < -0.39 is 10.0 Å². The molecule has 1 aliphatic rings. The van der Waals surface area contributed by atoms with Gasteiger partial charge in [0.15, 0.2) is 0 Å². The van der Waals surface area contributed by atoms with Gasteiger partial charge in [-0.25, -0.2) is 8.42 Å². The van der Waals surface area contributed by atoms with Crippen molar-refractivity contribution in [2.75, 3.05) is 44.1 Å². The van der Waals surface area contributed by atoms with Gasteiger partial charge in [-0.3, -0.25) is 8.99 Å². The standard InChI is InChI=1S/C21H31Cl2N5O2S/c1-15-20(16(2)26(3)25-15)27(4)31(29,30)21-18(22)13-17(14-19(21)23)7-5-10-28-11-6-8-24-9-12-28/h13-14,24H,5-12H2,1-4H3. The fourth-order valence-corrected chi connectivity index (χ4v) is 6.62. The lowest BCUT2D eigenvalue weighted by Gasteiger charge is -2.22. The Labute approximate surface area is 195 Å². The molecule has 1 aromatic heterocycles. The lowest BCUT2D eigenvalue weighted by molar-refractivity contribution is 0.289. The van der Waals surface area contributed by atoms with Gasteiger partial charge in [0.1, 0.15) is 4.90 Å². The second-order valence-corrected chi connectivity index (χ2v) is 10.8. The van der Waals surface area contributed by atoms with Gasteiger partial charge in [0.2, 0.25) is 0 Å². The van der Waals surface area contributed by atoms with Crippen LogP contribution in [0.15, 0.2) is 17.0 Å². The minimum absolute atomic E-state index is 0.0664. The molecular weight excluding hydrogens is 457 g/mol. The molecule has 2 heterocycles. The molecule has 0 bridgehead atoms. The maximum absolute atomic E-state index is 13.4. The van der Waals surface area contributed by atoms with Crippen molar-refractivity contribution in [3.05, 3.63) is 39.1 Å². The van der Waals surface area contributed by atoms with Gasteiger partial charge in [0.05, 0.1) is 27.1 Å². The van der Waals surface area contributed by atoms with Crippen molar-refractivity contribution in [2.45, 2.75) is 38.0 Å². The van der Waals surface area contributed by atoms with Crippen molar-refractivity contribution in [3.8, 4) is 0 Å². The highest BCUT2D eigenvalue weighted by Gasteiger charge is 2.30. The number of aryl methyl sites for hydroxylation is 3. The number of hydrogen-bond acceptors (Lipinski definition) is 5. The van der Waals surface area contributed by atoms with E-state index in [1.807, 2.05) is 6.92 Å². The van der Waals surface area contributed by atoms with Crippen LogP contribution < -0.4 is 9.62 Å². The van der Waals surface area contributed by atoms with Crippen LogP contribution in [0.2, 0.25) is 10.0 Å². The second kappa shape index (κ2) is 10.1. The molecule has 3 rings (SSSR count). The van der Waals surface area contributed by atoms with Crippen molar-refractivity contribution in [1.82, 2.24) is 20.0 Å². The van der Waals surface area contributed by atoms with Crippen molar-refractivity contribution < 1.29 is 8.42 Å². The van der Waals surface area contributed by atoms with E-state index in [1.165, 1.54) is 11.4 Å². The molecule has 1 aliphatic heterocycles. The fraction of sp³-hybridized carbons (Fsp3) is 0.571. The van der Waals surface area contributed by atoms with Crippen molar-refractivity contribution >= 4 is 38.9 Å². The summed E-state index contributed by atoms with van der Waals surface area (Å²) in [6.45, 7) is 8.86. The third-order valence-corrected chi connectivity index (χ3v) is 8.51. The van der Waals surface area contributed by atoms with E-state index in [9.17, 15) is 8.42 Å². The van der Waals surface area contributed by atoms with E-state index in [-0.39, 0.29) is 14.9 Å². The van der Waals surface area contributed by atoms with Crippen LogP contribution in [0, 0.1) is 13.8 Å². The molecule has 31 heavy (non-hydrogen) atoms. The van der Waals surface area contributed by atoms with Crippen LogP contribution in [-0.2, 0) is 23.5 Å². The Hall–Kier alpha value is -1.32. The lowest BCUT2D eigenvalue weighted by atomic mass is 10.1. The van der Waals surface area contributed by atoms with Crippen LogP contribution in [0.1, 0.15) is 29.8 Å². The van der Waals surface area contributed by atoms with E-state index >= 15 is 0 Å². The first-order chi connectivity index (χ1) is 14.6. The average molecular weight is 488 g/mol. The molecule has 1 N–H and O–H groups in total. The van der Waals surface area contributed by atoms with Gasteiger partial charge in [0.25, 0.3) is 10.0 Å². The van der Waals surface area contributed by atoms with Crippen molar-refractivity contribution in [1.29, 1.82) is 0 Å². The number of sulfonamides is 1.